The normalized spacial score (nSPS) is 11.8. The molecular formula is C21H17F3N4O2. The third-order valence-corrected chi connectivity index (χ3v) is 4.66. The smallest absolute Gasteiger partial charge is 0.416 e. The average molecular weight is 414 g/mol. The molecule has 154 valence electrons. The summed E-state index contributed by atoms with van der Waals surface area (Å²) in [6, 6.07) is 9.90. The maximum Gasteiger partial charge on any atom is 0.416 e. The molecule has 2 heterocycles. The second-order valence-corrected chi connectivity index (χ2v) is 6.91. The number of anilines is 1. The summed E-state index contributed by atoms with van der Waals surface area (Å²) >= 11 is 0. The Kier molecular flexibility index (Phi) is 4.81. The minimum absolute atomic E-state index is 0.0309. The van der Waals surface area contributed by atoms with Crippen LogP contribution in [0.5, 0.6) is 0 Å². The summed E-state index contributed by atoms with van der Waals surface area (Å²) in [4.78, 5) is 16.4. The molecule has 0 unspecified atom stereocenters. The predicted octanol–water partition coefficient (Wildman–Crippen LogP) is 4.81. The number of nitrogens with one attached hydrogen (secondary N) is 1. The Morgan fingerprint density at radius 1 is 1.13 bits per heavy atom. The Balaban J connectivity index is 1.46. The summed E-state index contributed by atoms with van der Waals surface area (Å²) in [5.74, 6) is 0.822. The Bertz CT molecular complexity index is 1220. The first-order valence-electron chi connectivity index (χ1n) is 9.09. The molecule has 0 atom stereocenters. The highest BCUT2D eigenvalue weighted by Crippen LogP contribution is 2.29. The summed E-state index contributed by atoms with van der Waals surface area (Å²) in [5.41, 5.74) is 2.44. The first kappa shape index (κ1) is 19.7. The van der Waals surface area contributed by atoms with Crippen LogP contribution >= 0.6 is 0 Å². The van der Waals surface area contributed by atoms with E-state index in [1.807, 2.05) is 19.9 Å². The van der Waals surface area contributed by atoms with Gasteiger partial charge >= 0.3 is 6.18 Å². The van der Waals surface area contributed by atoms with Crippen LogP contribution in [0.2, 0.25) is 0 Å². The number of fused-ring (bicyclic) bond motifs is 1. The molecule has 0 aliphatic carbocycles. The monoisotopic (exact) mass is 414 g/mol. The van der Waals surface area contributed by atoms with Crippen molar-refractivity contribution in [2.75, 3.05) is 5.32 Å². The molecule has 0 saturated carbocycles. The van der Waals surface area contributed by atoms with Crippen LogP contribution in [0.1, 0.15) is 22.5 Å². The Labute approximate surface area is 169 Å². The van der Waals surface area contributed by atoms with E-state index in [1.165, 1.54) is 12.1 Å². The van der Waals surface area contributed by atoms with Gasteiger partial charge in [-0.05, 0) is 55.3 Å². The minimum atomic E-state index is -4.40. The van der Waals surface area contributed by atoms with Crippen LogP contribution in [-0.4, -0.2) is 20.5 Å². The molecule has 30 heavy (non-hydrogen) atoms. The highest BCUT2D eigenvalue weighted by Gasteiger charge is 2.30. The van der Waals surface area contributed by atoms with Crippen LogP contribution in [-0.2, 0) is 17.4 Å². The lowest BCUT2D eigenvalue weighted by molar-refractivity contribution is -0.137. The predicted molar refractivity (Wildman–Crippen MR) is 104 cm³/mol. The number of imidazole rings is 1. The molecule has 0 radical (unpaired) electrons. The summed E-state index contributed by atoms with van der Waals surface area (Å²) in [6.07, 6.45) is -2.84. The third-order valence-electron chi connectivity index (χ3n) is 4.66. The number of carbonyl (C=O) groups excluding carboxylic acids is 1. The number of aromatic nitrogens is 3. The van der Waals surface area contributed by atoms with E-state index in [-0.39, 0.29) is 12.3 Å². The van der Waals surface area contributed by atoms with Gasteiger partial charge in [0.15, 0.2) is 0 Å². The van der Waals surface area contributed by atoms with Crippen molar-refractivity contribution in [2.24, 2.45) is 0 Å². The fourth-order valence-corrected chi connectivity index (χ4v) is 3.06. The summed E-state index contributed by atoms with van der Waals surface area (Å²) in [5, 5.41) is 7.16. The van der Waals surface area contributed by atoms with Gasteiger partial charge in [-0.3, -0.25) is 4.79 Å². The summed E-state index contributed by atoms with van der Waals surface area (Å²) < 4.78 is 45.2. The number of carbonyl (C=O) groups is 1. The standard InChI is InChI=1S/C21H17F3N4O2/c1-12-9-15(20-27-28-13(2)25-11-19(28)30-20)5-8-17(12)26-18(29)10-14-3-6-16(7-4-14)21(22,23)24/h3-9,11H,10H2,1-2H3,(H,26,29). The van der Waals surface area contributed by atoms with Crippen molar-refractivity contribution in [3.8, 4) is 11.5 Å². The van der Waals surface area contributed by atoms with E-state index in [0.717, 1.165) is 23.3 Å². The zero-order valence-corrected chi connectivity index (χ0v) is 16.1. The van der Waals surface area contributed by atoms with E-state index in [2.05, 4.69) is 15.4 Å². The van der Waals surface area contributed by atoms with Gasteiger partial charge in [-0.25, -0.2) is 4.98 Å². The van der Waals surface area contributed by atoms with Gasteiger partial charge < -0.3 is 9.73 Å². The lowest BCUT2D eigenvalue weighted by Gasteiger charge is -2.10. The lowest BCUT2D eigenvalue weighted by Crippen LogP contribution is -2.15. The van der Waals surface area contributed by atoms with Crippen molar-refractivity contribution in [3.05, 3.63) is 71.2 Å². The van der Waals surface area contributed by atoms with E-state index >= 15 is 0 Å². The first-order chi connectivity index (χ1) is 14.2. The second-order valence-electron chi connectivity index (χ2n) is 6.91. The van der Waals surface area contributed by atoms with E-state index in [9.17, 15) is 18.0 Å². The SMILES string of the molecule is Cc1cc(-c2nn3c(C)ncc3o2)ccc1NC(=O)Cc1ccc(C(F)(F)F)cc1. The van der Waals surface area contributed by atoms with Crippen LogP contribution in [0.3, 0.4) is 0 Å². The molecule has 2 aromatic carbocycles. The summed E-state index contributed by atoms with van der Waals surface area (Å²) in [7, 11) is 0. The van der Waals surface area contributed by atoms with Crippen molar-refractivity contribution in [1.82, 2.24) is 14.6 Å². The van der Waals surface area contributed by atoms with Gasteiger partial charge in [0, 0.05) is 11.3 Å². The molecule has 2 aromatic heterocycles. The van der Waals surface area contributed by atoms with Gasteiger partial charge in [-0.1, -0.05) is 12.1 Å². The van der Waals surface area contributed by atoms with Crippen LogP contribution < -0.4 is 5.32 Å². The molecule has 0 bridgehead atoms. The molecular weight excluding hydrogens is 397 g/mol. The average Bonchev–Trinajstić information content (AvgIpc) is 3.25. The molecule has 1 amide bonds. The molecule has 0 saturated heterocycles. The highest BCUT2D eigenvalue weighted by molar-refractivity contribution is 5.93. The number of aryl methyl sites for hydroxylation is 2. The highest BCUT2D eigenvalue weighted by atomic mass is 19.4. The molecule has 6 nitrogen and oxygen atoms in total. The molecule has 4 rings (SSSR count). The number of alkyl halides is 3. The number of amides is 1. The van der Waals surface area contributed by atoms with E-state index in [1.54, 1.807) is 22.8 Å². The van der Waals surface area contributed by atoms with Gasteiger partial charge in [0.2, 0.25) is 17.5 Å². The molecule has 0 spiro atoms. The fraction of sp³-hybridized carbons (Fsp3) is 0.190. The van der Waals surface area contributed by atoms with Gasteiger partial charge in [0.1, 0.15) is 5.82 Å². The van der Waals surface area contributed by atoms with Crippen LogP contribution in [0.4, 0.5) is 18.9 Å². The third kappa shape index (κ3) is 3.91. The van der Waals surface area contributed by atoms with Crippen LogP contribution in [0.15, 0.2) is 53.1 Å². The topological polar surface area (TPSA) is 72.4 Å². The van der Waals surface area contributed by atoms with Gasteiger partial charge in [-0.15, -0.1) is 5.10 Å². The Morgan fingerprint density at radius 3 is 2.50 bits per heavy atom. The molecule has 0 aliphatic heterocycles. The maximum atomic E-state index is 12.6. The number of rotatable bonds is 4. The van der Waals surface area contributed by atoms with Crippen molar-refractivity contribution >= 4 is 17.3 Å². The van der Waals surface area contributed by atoms with Crippen LogP contribution in [0.25, 0.3) is 17.2 Å². The fourth-order valence-electron chi connectivity index (χ4n) is 3.06. The van der Waals surface area contributed by atoms with E-state index in [0.29, 0.717) is 28.7 Å². The number of hydrogen-bond acceptors (Lipinski definition) is 4. The molecule has 1 N–H and O–H groups in total. The van der Waals surface area contributed by atoms with Gasteiger partial charge in [-0.2, -0.15) is 17.7 Å². The Hall–Kier alpha value is -3.62. The van der Waals surface area contributed by atoms with Gasteiger partial charge in [0.25, 0.3) is 0 Å². The number of hydrogen-bond donors (Lipinski definition) is 1. The zero-order valence-electron chi connectivity index (χ0n) is 16.1. The minimum Gasteiger partial charge on any atom is -0.417 e. The molecule has 0 aliphatic rings. The Morgan fingerprint density at radius 2 is 1.87 bits per heavy atom. The van der Waals surface area contributed by atoms with E-state index in [4.69, 9.17) is 4.42 Å². The quantitative estimate of drug-likeness (QED) is 0.520. The maximum absolute atomic E-state index is 12.6. The van der Waals surface area contributed by atoms with Crippen molar-refractivity contribution < 1.29 is 22.4 Å². The number of halogens is 3. The summed E-state index contributed by atoms with van der Waals surface area (Å²) in [6.45, 7) is 3.65. The second kappa shape index (κ2) is 7.33. The number of benzene rings is 2. The van der Waals surface area contributed by atoms with Crippen LogP contribution in [0, 0.1) is 13.8 Å². The zero-order chi connectivity index (χ0) is 21.5. The van der Waals surface area contributed by atoms with Crippen molar-refractivity contribution in [3.63, 3.8) is 0 Å². The molecule has 0 fully saturated rings. The van der Waals surface area contributed by atoms with Crippen molar-refractivity contribution in [1.29, 1.82) is 0 Å². The van der Waals surface area contributed by atoms with Gasteiger partial charge in [0.05, 0.1) is 18.2 Å². The number of nitrogens with zero attached hydrogens (tertiary/aromatic N) is 3. The molecule has 4 aromatic rings. The van der Waals surface area contributed by atoms with E-state index < -0.39 is 11.7 Å². The largest absolute Gasteiger partial charge is 0.417 e. The molecule has 9 heteroatoms. The van der Waals surface area contributed by atoms with Crippen molar-refractivity contribution in [2.45, 2.75) is 26.4 Å². The first-order valence-corrected chi connectivity index (χ1v) is 9.09. The lowest BCUT2D eigenvalue weighted by atomic mass is 10.1.